The Morgan fingerprint density at radius 3 is 2.54 bits per heavy atom. The van der Waals surface area contributed by atoms with Gasteiger partial charge in [0.05, 0.1) is 18.7 Å². The fraction of sp³-hybridized carbons (Fsp3) is 0.500. The van der Waals surface area contributed by atoms with Crippen molar-refractivity contribution < 1.29 is 18.7 Å². The number of amides is 2. The lowest BCUT2D eigenvalue weighted by Crippen LogP contribution is -2.64. The summed E-state index contributed by atoms with van der Waals surface area (Å²) < 4.78 is 13.3. The molecule has 1 aliphatic carbocycles. The predicted molar refractivity (Wildman–Crippen MR) is 134 cm³/mol. The zero-order chi connectivity index (χ0) is 24.6. The summed E-state index contributed by atoms with van der Waals surface area (Å²) >= 11 is 0. The fourth-order valence-corrected chi connectivity index (χ4v) is 5.51. The van der Waals surface area contributed by atoms with Gasteiger partial charge < -0.3 is 23.9 Å². The Bertz CT molecular complexity index is 1220. The van der Waals surface area contributed by atoms with Gasteiger partial charge in [0, 0.05) is 24.7 Å². The minimum absolute atomic E-state index is 0.0867. The van der Waals surface area contributed by atoms with Crippen molar-refractivity contribution in [3.63, 3.8) is 0 Å². The predicted octanol–water partition coefficient (Wildman–Crippen LogP) is 5.20. The molecule has 35 heavy (non-hydrogen) atoms. The Morgan fingerprint density at radius 1 is 1.14 bits per heavy atom. The lowest BCUT2D eigenvalue weighted by Gasteiger charge is -2.44. The molecule has 0 spiro atoms. The molecule has 0 saturated heterocycles. The first kappa shape index (κ1) is 23.5. The van der Waals surface area contributed by atoms with Gasteiger partial charge in [-0.2, -0.15) is 0 Å². The molecular weight excluding hydrogens is 442 g/mol. The summed E-state index contributed by atoms with van der Waals surface area (Å²) in [4.78, 5) is 29.5. The smallest absolute Gasteiger partial charge is 0.271 e. The number of benzene rings is 1. The number of carbonyl (C=O) groups excluding carboxylic acids is 2. The third-order valence-electron chi connectivity index (χ3n) is 7.49. The van der Waals surface area contributed by atoms with E-state index in [0.717, 1.165) is 48.3 Å². The zero-order valence-electron chi connectivity index (χ0n) is 20.9. The summed E-state index contributed by atoms with van der Waals surface area (Å²) in [6.45, 7) is 7.06. The molecule has 1 atom stereocenters. The fourth-order valence-electron chi connectivity index (χ4n) is 5.51. The van der Waals surface area contributed by atoms with Gasteiger partial charge in [0.25, 0.3) is 5.91 Å². The highest BCUT2D eigenvalue weighted by atomic mass is 16.5. The van der Waals surface area contributed by atoms with E-state index in [9.17, 15) is 9.59 Å². The second-order valence-corrected chi connectivity index (χ2v) is 10.1. The van der Waals surface area contributed by atoms with E-state index < -0.39 is 5.54 Å². The van der Waals surface area contributed by atoms with Crippen LogP contribution >= 0.6 is 0 Å². The van der Waals surface area contributed by atoms with Gasteiger partial charge in [0.1, 0.15) is 22.7 Å². The lowest BCUT2D eigenvalue weighted by atomic mass is 9.93. The van der Waals surface area contributed by atoms with Gasteiger partial charge in [0.2, 0.25) is 5.91 Å². The van der Waals surface area contributed by atoms with Crippen molar-refractivity contribution >= 4 is 22.9 Å². The number of fused-ring (bicyclic) bond motifs is 3. The van der Waals surface area contributed by atoms with E-state index in [-0.39, 0.29) is 17.9 Å². The van der Waals surface area contributed by atoms with E-state index in [1.54, 1.807) is 11.0 Å². The standard InChI is InChI=1S/C28H35N3O4/c1-4-34-22-13-11-20(12-14-22)17-31-26(32)24-16-25-23(15-19(2)35-25)30(24)18-28(31,3)27(33)29-21-9-7-5-6-8-10-21/h11-16,21H,4-10,17-18H2,1-3H3,(H,29,33)/t28-/m1/s1. The highest BCUT2D eigenvalue weighted by molar-refractivity contribution is 6.03. The Labute approximate surface area is 206 Å². The van der Waals surface area contributed by atoms with Gasteiger partial charge in [-0.15, -0.1) is 0 Å². The van der Waals surface area contributed by atoms with Crippen molar-refractivity contribution in [2.75, 3.05) is 6.61 Å². The Kier molecular flexibility index (Phi) is 6.34. The van der Waals surface area contributed by atoms with Crippen molar-refractivity contribution in [3.05, 3.63) is 53.4 Å². The van der Waals surface area contributed by atoms with E-state index in [1.807, 2.05) is 55.7 Å². The van der Waals surface area contributed by atoms with Crippen molar-refractivity contribution in [2.45, 2.75) is 84.0 Å². The molecule has 0 radical (unpaired) electrons. The zero-order valence-corrected chi connectivity index (χ0v) is 20.9. The largest absolute Gasteiger partial charge is 0.494 e. The number of hydrogen-bond acceptors (Lipinski definition) is 4. The Morgan fingerprint density at radius 2 is 1.86 bits per heavy atom. The van der Waals surface area contributed by atoms with Crippen LogP contribution in [-0.2, 0) is 17.9 Å². The molecule has 0 unspecified atom stereocenters. The summed E-state index contributed by atoms with van der Waals surface area (Å²) in [6.07, 6.45) is 6.69. The van der Waals surface area contributed by atoms with Gasteiger partial charge >= 0.3 is 0 Å². The van der Waals surface area contributed by atoms with E-state index in [1.165, 1.54) is 12.8 Å². The van der Waals surface area contributed by atoms with Crippen molar-refractivity contribution in [1.29, 1.82) is 0 Å². The Balaban J connectivity index is 1.49. The van der Waals surface area contributed by atoms with Crippen LogP contribution in [0.2, 0.25) is 0 Å². The number of hydrogen-bond donors (Lipinski definition) is 1. The maximum atomic E-state index is 13.9. The van der Waals surface area contributed by atoms with Gasteiger partial charge in [-0.1, -0.05) is 37.8 Å². The molecule has 3 heterocycles. The molecule has 0 bridgehead atoms. The summed E-state index contributed by atoms with van der Waals surface area (Å²) in [6, 6.07) is 11.7. The van der Waals surface area contributed by atoms with Crippen LogP contribution in [0.5, 0.6) is 5.75 Å². The second kappa shape index (κ2) is 9.44. The number of nitrogens with zero attached hydrogens (tertiary/aromatic N) is 2. The SMILES string of the molecule is CCOc1ccc(CN2C(=O)c3cc4oc(C)cc4n3C[C@]2(C)C(=O)NC2CCCCCC2)cc1. The number of carbonyl (C=O) groups is 2. The molecule has 1 aliphatic heterocycles. The summed E-state index contributed by atoms with van der Waals surface area (Å²) in [5, 5.41) is 3.32. The molecular formula is C28H35N3O4. The van der Waals surface area contributed by atoms with Crippen molar-refractivity contribution in [2.24, 2.45) is 0 Å². The molecule has 2 aliphatic rings. The topological polar surface area (TPSA) is 76.7 Å². The summed E-state index contributed by atoms with van der Waals surface area (Å²) in [5.41, 5.74) is 2.02. The van der Waals surface area contributed by atoms with Crippen molar-refractivity contribution in [3.8, 4) is 5.75 Å². The van der Waals surface area contributed by atoms with Crippen LogP contribution in [0.25, 0.3) is 11.1 Å². The molecule has 1 aromatic carbocycles. The van der Waals surface area contributed by atoms with Crippen LogP contribution in [0.15, 0.2) is 40.8 Å². The van der Waals surface area contributed by atoms with Gasteiger partial charge in [-0.05, 0) is 51.3 Å². The number of rotatable bonds is 6. The van der Waals surface area contributed by atoms with E-state index in [0.29, 0.717) is 31.0 Å². The number of ether oxygens (including phenoxy) is 1. The first-order valence-electron chi connectivity index (χ1n) is 12.8. The number of aryl methyl sites for hydroxylation is 1. The average Bonchev–Trinajstić information content (AvgIpc) is 3.23. The molecule has 7 heteroatoms. The highest BCUT2D eigenvalue weighted by Gasteiger charge is 2.48. The van der Waals surface area contributed by atoms with E-state index >= 15 is 0 Å². The maximum absolute atomic E-state index is 13.9. The van der Waals surface area contributed by atoms with Crippen LogP contribution in [0.1, 0.15) is 74.2 Å². The molecule has 1 saturated carbocycles. The monoisotopic (exact) mass is 477 g/mol. The summed E-state index contributed by atoms with van der Waals surface area (Å²) in [5.74, 6) is 1.34. The first-order valence-corrected chi connectivity index (χ1v) is 12.8. The van der Waals surface area contributed by atoms with Gasteiger partial charge in [-0.3, -0.25) is 9.59 Å². The molecule has 7 nitrogen and oxygen atoms in total. The minimum atomic E-state index is -1.04. The quantitative estimate of drug-likeness (QED) is 0.496. The van der Waals surface area contributed by atoms with Crippen LogP contribution in [-0.4, -0.2) is 39.5 Å². The van der Waals surface area contributed by atoms with Crippen LogP contribution in [0, 0.1) is 6.92 Å². The van der Waals surface area contributed by atoms with Gasteiger partial charge in [-0.25, -0.2) is 0 Å². The second-order valence-electron chi connectivity index (χ2n) is 10.1. The molecule has 2 aromatic heterocycles. The Hall–Kier alpha value is -3.22. The van der Waals surface area contributed by atoms with E-state index in [2.05, 4.69) is 5.32 Å². The van der Waals surface area contributed by atoms with E-state index in [4.69, 9.17) is 9.15 Å². The number of furan rings is 1. The lowest BCUT2D eigenvalue weighted by molar-refractivity contribution is -0.134. The average molecular weight is 478 g/mol. The van der Waals surface area contributed by atoms with Crippen molar-refractivity contribution in [1.82, 2.24) is 14.8 Å². The maximum Gasteiger partial charge on any atom is 0.271 e. The van der Waals surface area contributed by atoms with Crippen LogP contribution in [0.4, 0.5) is 0 Å². The molecule has 186 valence electrons. The van der Waals surface area contributed by atoms with Crippen LogP contribution < -0.4 is 10.1 Å². The van der Waals surface area contributed by atoms with Crippen LogP contribution in [0.3, 0.4) is 0 Å². The number of aromatic nitrogens is 1. The summed E-state index contributed by atoms with van der Waals surface area (Å²) in [7, 11) is 0. The molecule has 1 fully saturated rings. The first-order chi connectivity index (χ1) is 16.9. The molecule has 2 amide bonds. The molecule has 3 aromatic rings. The van der Waals surface area contributed by atoms with Gasteiger partial charge in [0.15, 0.2) is 5.58 Å². The number of nitrogens with one attached hydrogen (secondary N) is 1. The normalized spacial score (nSPS) is 21.1. The molecule has 5 rings (SSSR count). The highest BCUT2D eigenvalue weighted by Crippen LogP contribution is 2.35. The third-order valence-corrected chi connectivity index (χ3v) is 7.49. The minimum Gasteiger partial charge on any atom is -0.494 e. The third kappa shape index (κ3) is 4.44. The molecule has 1 N–H and O–H groups in total.